The molecule has 2 heteroatoms. The van der Waals surface area contributed by atoms with Crippen LogP contribution in [0.3, 0.4) is 0 Å². The average molecular weight is 184 g/mol. The van der Waals surface area contributed by atoms with E-state index < -0.39 is 0 Å². The van der Waals surface area contributed by atoms with Gasteiger partial charge in [-0.25, -0.2) is 4.98 Å². The van der Waals surface area contributed by atoms with Gasteiger partial charge in [-0.1, -0.05) is 30.3 Å². The lowest BCUT2D eigenvalue weighted by molar-refractivity contribution is 1.26. The number of hydrogen-bond acceptors (Lipinski definition) is 2. The number of pyridine rings is 1. The largest absolute Gasteiger partial charge is 0.327 e. The Morgan fingerprint density at radius 3 is 2.86 bits per heavy atom. The topological polar surface area (TPSA) is 38.9 Å². The quantitative estimate of drug-likeness (QED) is 0.777. The molecule has 2 N–H and O–H groups in total. The molecule has 14 heavy (non-hydrogen) atoms. The summed E-state index contributed by atoms with van der Waals surface area (Å²) in [6.07, 6.45) is 3.84. The molecule has 0 aliphatic heterocycles. The third kappa shape index (κ3) is 1.80. The molecule has 1 heterocycles. The maximum atomic E-state index is 5.37. The van der Waals surface area contributed by atoms with Gasteiger partial charge < -0.3 is 5.73 Å². The van der Waals surface area contributed by atoms with Crippen molar-refractivity contribution in [2.75, 3.05) is 6.54 Å². The van der Waals surface area contributed by atoms with Gasteiger partial charge in [0.15, 0.2) is 0 Å². The summed E-state index contributed by atoms with van der Waals surface area (Å²) in [4.78, 5) is 4.47. The van der Waals surface area contributed by atoms with Crippen molar-refractivity contribution in [1.82, 2.24) is 4.98 Å². The normalized spacial score (nSPS) is 11.2. The Hall–Kier alpha value is -1.67. The highest BCUT2D eigenvalue weighted by molar-refractivity contribution is 5.79. The molecule has 0 aliphatic carbocycles. The van der Waals surface area contributed by atoms with E-state index >= 15 is 0 Å². The minimum absolute atomic E-state index is 0.550. The summed E-state index contributed by atoms with van der Waals surface area (Å²) in [5, 5.41) is 1.16. The van der Waals surface area contributed by atoms with Crippen molar-refractivity contribution < 1.29 is 0 Å². The maximum absolute atomic E-state index is 5.37. The predicted molar refractivity (Wildman–Crippen MR) is 59.8 cm³/mol. The van der Waals surface area contributed by atoms with Crippen molar-refractivity contribution in [2.24, 2.45) is 5.73 Å². The minimum Gasteiger partial charge on any atom is -0.327 e. The van der Waals surface area contributed by atoms with Crippen LogP contribution in [0.2, 0.25) is 0 Å². The summed E-state index contributed by atoms with van der Waals surface area (Å²) in [5.74, 6) is 0. The van der Waals surface area contributed by atoms with Gasteiger partial charge in [0.2, 0.25) is 0 Å². The molecule has 1 aromatic carbocycles. The van der Waals surface area contributed by atoms with E-state index in [0.717, 1.165) is 16.6 Å². The summed E-state index contributed by atoms with van der Waals surface area (Å²) in [6, 6.07) is 12.1. The van der Waals surface area contributed by atoms with Crippen LogP contribution in [-0.4, -0.2) is 11.5 Å². The van der Waals surface area contributed by atoms with Crippen LogP contribution in [0.1, 0.15) is 5.69 Å². The first-order chi connectivity index (χ1) is 6.90. The lowest BCUT2D eigenvalue weighted by atomic mass is 10.2. The molecule has 0 bridgehead atoms. The fourth-order valence-electron chi connectivity index (χ4n) is 1.36. The zero-order valence-corrected chi connectivity index (χ0v) is 7.85. The lowest BCUT2D eigenvalue weighted by Gasteiger charge is -1.97. The fourth-order valence-corrected chi connectivity index (χ4v) is 1.36. The number of aromatic nitrogens is 1. The SMILES string of the molecule is NCC=Cc1ccc2ccccc2n1. The van der Waals surface area contributed by atoms with Gasteiger partial charge in [0, 0.05) is 11.9 Å². The zero-order valence-electron chi connectivity index (χ0n) is 7.85. The monoisotopic (exact) mass is 184 g/mol. The number of para-hydroxylation sites is 1. The second-order valence-electron chi connectivity index (χ2n) is 3.07. The summed E-state index contributed by atoms with van der Waals surface area (Å²) < 4.78 is 0. The van der Waals surface area contributed by atoms with E-state index in [1.165, 1.54) is 0 Å². The fraction of sp³-hybridized carbons (Fsp3) is 0.0833. The van der Waals surface area contributed by atoms with Gasteiger partial charge in [-0.2, -0.15) is 0 Å². The number of fused-ring (bicyclic) bond motifs is 1. The van der Waals surface area contributed by atoms with Crippen molar-refractivity contribution in [3.05, 3.63) is 48.2 Å². The van der Waals surface area contributed by atoms with Crippen molar-refractivity contribution in [2.45, 2.75) is 0 Å². The van der Waals surface area contributed by atoms with Crippen molar-refractivity contribution >= 4 is 17.0 Å². The molecular formula is C12H12N2. The summed E-state index contributed by atoms with van der Waals surface area (Å²) in [6.45, 7) is 0.550. The molecule has 0 saturated carbocycles. The Bertz CT molecular complexity index is 461. The Labute approximate surface area is 83.1 Å². The first-order valence-corrected chi connectivity index (χ1v) is 4.62. The van der Waals surface area contributed by atoms with Crippen LogP contribution in [0, 0.1) is 0 Å². The van der Waals surface area contributed by atoms with Crippen LogP contribution in [0.25, 0.3) is 17.0 Å². The van der Waals surface area contributed by atoms with Gasteiger partial charge in [0.05, 0.1) is 11.2 Å². The van der Waals surface area contributed by atoms with E-state index in [0.29, 0.717) is 6.54 Å². The highest BCUT2D eigenvalue weighted by Crippen LogP contribution is 2.12. The molecule has 1 aromatic heterocycles. The van der Waals surface area contributed by atoms with E-state index in [1.54, 1.807) is 0 Å². The van der Waals surface area contributed by atoms with E-state index in [-0.39, 0.29) is 0 Å². The molecule has 0 fully saturated rings. The van der Waals surface area contributed by atoms with Gasteiger partial charge in [-0.3, -0.25) is 0 Å². The van der Waals surface area contributed by atoms with Crippen molar-refractivity contribution in [3.8, 4) is 0 Å². The van der Waals surface area contributed by atoms with Crippen LogP contribution >= 0.6 is 0 Å². The molecule has 2 rings (SSSR count). The molecule has 0 unspecified atom stereocenters. The molecule has 0 saturated heterocycles. The first kappa shape index (κ1) is 8.91. The Balaban J connectivity index is 2.46. The molecular weight excluding hydrogens is 172 g/mol. The zero-order chi connectivity index (χ0) is 9.80. The standard InChI is InChI=1S/C12H12N2/c13-9-3-5-11-8-7-10-4-1-2-6-12(10)14-11/h1-8H,9,13H2. The molecule has 2 nitrogen and oxygen atoms in total. The van der Waals surface area contributed by atoms with Crippen LogP contribution < -0.4 is 5.73 Å². The van der Waals surface area contributed by atoms with Gasteiger partial charge >= 0.3 is 0 Å². The van der Waals surface area contributed by atoms with Gasteiger partial charge in [-0.15, -0.1) is 0 Å². The number of nitrogens with zero attached hydrogens (tertiary/aromatic N) is 1. The maximum Gasteiger partial charge on any atom is 0.0709 e. The number of nitrogens with two attached hydrogens (primary N) is 1. The molecule has 0 aliphatic rings. The van der Waals surface area contributed by atoms with E-state index in [2.05, 4.69) is 17.1 Å². The minimum atomic E-state index is 0.550. The summed E-state index contributed by atoms with van der Waals surface area (Å²) in [5.41, 5.74) is 7.35. The van der Waals surface area contributed by atoms with E-state index in [4.69, 9.17) is 5.73 Å². The van der Waals surface area contributed by atoms with Crippen LogP contribution in [0.15, 0.2) is 42.5 Å². The highest BCUT2D eigenvalue weighted by Gasteiger charge is 1.93. The summed E-state index contributed by atoms with van der Waals surface area (Å²) >= 11 is 0. The number of rotatable bonds is 2. The van der Waals surface area contributed by atoms with Crippen LogP contribution in [-0.2, 0) is 0 Å². The van der Waals surface area contributed by atoms with Crippen LogP contribution in [0.4, 0.5) is 0 Å². The highest BCUT2D eigenvalue weighted by atomic mass is 14.7. The molecule has 0 radical (unpaired) electrons. The third-order valence-electron chi connectivity index (χ3n) is 2.04. The van der Waals surface area contributed by atoms with Crippen LogP contribution in [0.5, 0.6) is 0 Å². The smallest absolute Gasteiger partial charge is 0.0709 e. The predicted octanol–water partition coefficient (Wildman–Crippen LogP) is 2.21. The molecule has 0 amide bonds. The Morgan fingerprint density at radius 2 is 2.00 bits per heavy atom. The molecule has 0 atom stereocenters. The van der Waals surface area contributed by atoms with Gasteiger partial charge in [0.1, 0.15) is 0 Å². The molecule has 70 valence electrons. The lowest BCUT2D eigenvalue weighted by Crippen LogP contribution is -1.92. The average Bonchev–Trinajstić information content (AvgIpc) is 2.26. The number of hydrogen-bond donors (Lipinski definition) is 1. The van der Waals surface area contributed by atoms with Gasteiger partial charge in [-0.05, 0) is 18.2 Å². The molecule has 2 aromatic rings. The first-order valence-electron chi connectivity index (χ1n) is 4.62. The number of benzene rings is 1. The Kier molecular flexibility index (Phi) is 2.56. The van der Waals surface area contributed by atoms with E-state index in [1.807, 2.05) is 36.4 Å². The van der Waals surface area contributed by atoms with Crippen molar-refractivity contribution in [3.63, 3.8) is 0 Å². The second kappa shape index (κ2) is 4.03. The van der Waals surface area contributed by atoms with Gasteiger partial charge in [0.25, 0.3) is 0 Å². The Morgan fingerprint density at radius 1 is 1.14 bits per heavy atom. The van der Waals surface area contributed by atoms with Crippen molar-refractivity contribution in [1.29, 1.82) is 0 Å². The summed E-state index contributed by atoms with van der Waals surface area (Å²) in [7, 11) is 0. The third-order valence-corrected chi connectivity index (χ3v) is 2.04. The van der Waals surface area contributed by atoms with E-state index in [9.17, 15) is 0 Å². The molecule has 0 spiro atoms. The second-order valence-corrected chi connectivity index (χ2v) is 3.07.